The lowest BCUT2D eigenvalue weighted by Crippen LogP contribution is -2.29. The van der Waals surface area contributed by atoms with Gasteiger partial charge < -0.3 is 19.9 Å². The van der Waals surface area contributed by atoms with Crippen LogP contribution in [0.2, 0.25) is 0 Å². The molecule has 2 unspecified atom stereocenters. The number of carboxylic acids is 1. The number of aromatic carboxylic acids is 1. The quantitative estimate of drug-likeness (QED) is 0.572. The number of benzene rings is 1. The molecule has 1 saturated carbocycles. The van der Waals surface area contributed by atoms with Gasteiger partial charge in [0, 0.05) is 19.6 Å². The number of methoxy groups -OCH3 is 1. The van der Waals surface area contributed by atoms with Gasteiger partial charge in [0.05, 0.1) is 17.2 Å². The van der Waals surface area contributed by atoms with Gasteiger partial charge in [-0.3, -0.25) is 0 Å². The topological polar surface area (TPSA) is 93.6 Å². The number of ether oxygens (including phenoxy) is 2. The molecular formula is C21H22FN3O4S. The van der Waals surface area contributed by atoms with Crippen LogP contribution in [0.4, 0.5) is 15.9 Å². The second-order valence-electron chi connectivity index (χ2n) is 7.29. The van der Waals surface area contributed by atoms with Gasteiger partial charge >= 0.3 is 5.97 Å². The Labute approximate surface area is 176 Å². The van der Waals surface area contributed by atoms with Gasteiger partial charge in [-0.05, 0) is 43.9 Å². The summed E-state index contributed by atoms with van der Waals surface area (Å²) >= 11 is 1.10. The molecule has 2 heterocycles. The van der Waals surface area contributed by atoms with Gasteiger partial charge in [0.15, 0.2) is 0 Å². The first-order valence-electron chi connectivity index (χ1n) is 9.69. The zero-order valence-corrected chi connectivity index (χ0v) is 17.5. The maximum absolute atomic E-state index is 14.0. The minimum atomic E-state index is -1.00. The first-order valence-corrected chi connectivity index (χ1v) is 10.5. The van der Waals surface area contributed by atoms with Crippen LogP contribution in [-0.2, 0) is 4.74 Å². The molecule has 1 aliphatic carbocycles. The predicted octanol–water partition coefficient (Wildman–Crippen LogP) is 4.92. The molecule has 0 bridgehead atoms. The molecular weight excluding hydrogens is 409 g/mol. The molecule has 1 fully saturated rings. The number of aromatic nitrogens is 2. The number of carbonyl (C=O) groups is 1. The summed E-state index contributed by atoms with van der Waals surface area (Å²) in [5.41, 5.74) is 1.14. The van der Waals surface area contributed by atoms with Crippen LogP contribution < -0.4 is 10.1 Å². The highest BCUT2D eigenvalue weighted by molar-refractivity contribution is 7.20. The molecule has 0 saturated heterocycles. The Hall–Kier alpha value is -2.78. The summed E-state index contributed by atoms with van der Waals surface area (Å²) in [5.74, 6) is -0.564. The van der Waals surface area contributed by atoms with Crippen molar-refractivity contribution in [1.29, 1.82) is 0 Å². The highest BCUT2D eigenvalue weighted by atomic mass is 32.1. The van der Waals surface area contributed by atoms with E-state index in [4.69, 9.17) is 9.47 Å². The molecule has 0 amide bonds. The van der Waals surface area contributed by atoms with E-state index in [-0.39, 0.29) is 17.1 Å². The van der Waals surface area contributed by atoms with E-state index in [1.165, 1.54) is 18.5 Å². The summed E-state index contributed by atoms with van der Waals surface area (Å²) in [6.07, 6.45) is 5.04. The Morgan fingerprint density at radius 3 is 2.87 bits per heavy atom. The van der Waals surface area contributed by atoms with Gasteiger partial charge in [-0.2, -0.15) is 0 Å². The summed E-state index contributed by atoms with van der Waals surface area (Å²) < 4.78 is 25.6. The lowest BCUT2D eigenvalue weighted by atomic mass is 9.95. The smallest absolute Gasteiger partial charge is 0.346 e. The zero-order valence-electron chi connectivity index (χ0n) is 16.6. The van der Waals surface area contributed by atoms with E-state index in [1.54, 1.807) is 20.1 Å². The second-order valence-corrected chi connectivity index (χ2v) is 8.29. The van der Waals surface area contributed by atoms with Gasteiger partial charge in [0.1, 0.15) is 39.5 Å². The van der Waals surface area contributed by atoms with Crippen LogP contribution in [0.3, 0.4) is 0 Å². The van der Waals surface area contributed by atoms with E-state index in [9.17, 15) is 14.3 Å². The first kappa shape index (κ1) is 20.5. The van der Waals surface area contributed by atoms with Gasteiger partial charge in [-0.15, -0.1) is 11.3 Å². The van der Waals surface area contributed by atoms with Crippen LogP contribution >= 0.6 is 11.3 Å². The van der Waals surface area contributed by atoms with E-state index in [0.29, 0.717) is 33.0 Å². The summed E-state index contributed by atoms with van der Waals surface area (Å²) in [4.78, 5) is 20.8. The van der Waals surface area contributed by atoms with Crippen molar-refractivity contribution in [3.05, 3.63) is 40.8 Å². The van der Waals surface area contributed by atoms with Crippen molar-refractivity contribution in [2.24, 2.45) is 0 Å². The van der Waals surface area contributed by atoms with Crippen molar-refractivity contribution in [2.75, 3.05) is 12.4 Å². The van der Waals surface area contributed by atoms with E-state index < -0.39 is 11.8 Å². The molecule has 158 valence electrons. The largest absolute Gasteiger partial charge is 0.488 e. The van der Waals surface area contributed by atoms with Gasteiger partial charge in [0.25, 0.3) is 0 Å². The Morgan fingerprint density at radius 1 is 1.30 bits per heavy atom. The number of halogens is 1. The number of anilines is 2. The van der Waals surface area contributed by atoms with Gasteiger partial charge in [-0.25, -0.2) is 19.2 Å². The first-order chi connectivity index (χ1) is 14.5. The number of nitrogens with zero attached hydrogens (tertiary/aromatic N) is 2. The minimum Gasteiger partial charge on any atom is -0.488 e. The van der Waals surface area contributed by atoms with Crippen LogP contribution in [0, 0.1) is 12.7 Å². The fourth-order valence-corrected chi connectivity index (χ4v) is 4.79. The number of aryl methyl sites for hydroxylation is 1. The third-order valence-corrected chi connectivity index (χ3v) is 6.51. The van der Waals surface area contributed by atoms with E-state index in [2.05, 4.69) is 15.3 Å². The van der Waals surface area contributed by atoms with Crippen molar-refractivity contribution in [3.8, 4) is 5.75 Å². The molecule has 0 radical (unpaired) electrons. The van der Waals surface area contributed by atoms with Crippen molar-refractivity contribution in [3.63, 3.8) is 0 Å². The molecule has 0 spiro atoms. The summed E-state index contributed by atoms with van der Waals surface area (Å²) in [5, 5.41) is 13.2. The SMILES string of the molecule is COC1CCCC(Oc2cc(F)ccc2Nc2ncnc3sc(C(=O)O)c(C)c23)C1. The van der Waals surface area contributed by atoms with Crippen molar-refractivity contribution >= 4 is 39.0 Å². The standard InChI is InChI=1S/C21H22FN3O4S/c1-11-17-19(23-10-24-20(17)30-18(11)21(26)27)25-15-7-6-12(22)8-16(15)29-14-5-3-4-13(9-14)28-2/h6-8,10,13-14H,3-5,9H2,1-2H3,(H,26,27)(H,23,24,25). The van der Waals surface area contributed by atoms with E-state index in [0.717, 1.165) is 37.0 Å². The van der Waals surface area contributed by atoms with Crippen LogP contribution in [0.15, 0.2) is 24.5 Å². The molecule has 2 aromatic heterocycles. The van der Waals surface area contributed by atoms with Crippen molar-refractivity contribution in [2.45, 2.75) is 44.8 Å². The average molecular weight is 431 g/mol. The molecule has 0 aliphatic heterocycles. The summed E-state index contributed by atoms with van der Waals surface area (Å²) in [7, 11) is 1.69. The van der Waals surface area contributed by atoms with E-state index >= 15 is 0 Å². The highest BCUT2D eigenvalue weighted by Gasteiger charge is 2.25. The third-order valence-electron chi connectivity index (χ3n) is 5.32. The molecule has 4 rings (SSSR count). The van der Waals surface area contributed by atoms with Crippen LogP contribution in [0.1, 0.15) is 40.9 Å². The maximum Gasteiger partial charge on any atom is 0.346 e. The monoisotopic (exact) mass is 431 g/mol. The maximum atomic E-state index is 14.0. The van der Waals surface area contributed by atoms with Crippen LogP contribution in [-0.4, -0.2) is 40.4 Å². The molecule has 3 aromatic rings. The molecule has 30 heavy (non-hydrogen) atoms. The number of rotatable bonds is 6. The molecule has 7 nitrogen and oxygen atoms in total. The fraction of sp³-hybridized carbons (Fsp3) is 0.381. The van der Waals surface area contributed by atoms with Gasteiger partial charge in [0.2, 0.25) is 0 Å². The Balaban J connectivity index is 1.66. The summed E-state index contributed by atoms with van der Waals surface area (Å²) in [6, 6.07) is 4.28. The highest BCUT2D eigenvalue weighted by Crippen LogP contribution is 2.37. The molecule has 2 atom stereocenters. The Bertz CT molecular complexity index is 1090. The van der Waals surface area contributed by atoms with Crippen LogP contribution in [0.5, 0.6) is 5.75 Å². The zero-order chi connectivity index (χ0) is 21.3. The second kappa shape index (κ2) is 8.53. The molecule has 1 aliphatic rings. The molecule has 1 aromatic carbocycles. The number of fused-ring (bicyclic) bond motifs is 1. The number of hydrogen-bond donors (Lipinski definition) is 2. The van der Waals surface area contributed by atoms with E-state index in [1.807, 2.05) is 0 Å². The third kappa shape index (κ3) is 4.08. The normalized spacial score (nSPS) is 19.0. The lowest BCUT2D eigenvalue weighted by molar-refractivity contribution is 0.0211. The van der Waals surface area contributed by atoms with Crippen molar-refractivity contribution in [1.82, 2.24) is 9.97 Å². The lowest BCUT2D eigenvalue weighted by Gasteiger charge is -2.29. The Kier molecular flexibility index (Phi) is 5.83. The molecule has 2 N–H and O–H groups in total. The number of hydrogen-bond acceptors (Lipinski definition) is 7. The Morgan fingerprint density at radius 2 is 2.10 bits per heavy atom. The minimum absolute atomic E-state index is 0.0713. The number of nitrogens with one attached hydrogen (secondary N) is 1. The summed E-state index contributed by atoms with van der Waals surface area (Å²) in [6.45, 7) is 1.73. The number of carboxylic acid groups (broad SMARTS) is 1. The molecule has 9 heteroatoms. The van der Waals surface area contributed by atoms with Gasteiger partial charge in [-0.1, -0.05) is 0 Å². The van der Waals surface area contributed by atoms with Crippen molar-refractivity contribution < 1.29 is 23.8 Å². The predicted molar refractivity (Wildman–Crippen MR) is 112 cm³/mol. The average Bonchev–Trinajstić information content (AvgIpc) is 3.08. The number of thiophene rings is 1. The van der Waals surface area contributed by atoms with Crippen LogP contribution in [0.25, 0.3) is 10.2 Å². The fourth-order valence-electron chi connectivity index (χ4n) is 3.80.